The number of rotatable bonds is 3. The number of halogens is 1. The molecular formula is C12H11ClN2O2. The molecule has 0 aliphatic rings. The highest BCUT2D eigenvalue weighted by molar-refractivity contribution is 6.32. The summed E-state index contributed by atoms with van der Waals surface area (Å²) in [4.78, 5) is 4.07. The number of hydrogen-bond acceptors (Lipinski definition) is 4. The van der Waals surface area contributed by atoms with Crippen molar-refractivity contribution in [1.29, 1.82) is 0 Å². The number of nitrogens with two attached hydrogens (primary N) is 1. The zero-order chi connectivity index (χ0) is 12.3. The molecule has 5 heteroatoms. The highest BCUT2D eigenvalue weighted by Crippen LogP contribution is 2.30. The molecule has 0 atom stereocenters. The number of pyridine rings is 1. The summed E-state index contributed by atoms with van der Waals surface area (Å²) < 4.78 is 10.5. The van der Waals surface area contributed by atoms with Crippen molar-refractivity contribution in [3.63, 3.8) is 0 Å². The first kappa shape index (κ1) is 11.5. The maximum Gasteiger partial charge on any atom is 0.219 e. The summed E-state index contributed by atoms with van der Waals surface area (Å²) in [6, 6.07) is 8.49. The van der Waals surface area contributed by atoms with Crippen LogP contribution in [0.2, 0.25) is 5.02 Å². The summed E-state index contributed by atoms with van der Waals surface area (Å²) in [5, 5.41) is 0.447. The summed E-state index contributed by atoms with van der Waals surface area (Å²) in [5.74, 6) is 1.62. The molecular weight excluding hydrogens is 240 g/mol. The summed E-state index contributed by atoms with van der Waals surface area (Å²) in [6.07, 6.45) is 1.57. The van der Waals surface area contributed by atoms with E-state index in [1.54, 1.807) is 43.6 Å². The van der Waals surface area contributed by atoms with Crippen LogP contribution in [0.5, 0.6) is 17.4 Å². The second kappa shape index (κ2) is 4.93. The van der Waals surface area contributed by atoms with Gasteiger partial charge in [0.25, 0.3) is 0 Å². The largest absolute Gasteiger partial charge is 0.495 e. The van der Waals surface area contributed by atoms with Crippen molar-refractivity contribution in [2.75, 3.05) is 12.8 Å². The molecule has 0 spiro atoms. The van der Waals surface area contributed by atoms with Gasteiger partial charge >= 0.3 is 0 Å². The molecule has 0 aliphatic carbocycles. The minimum atomic E-state index is 0.442. The van der Waals surface area contributed by atoms with Crippen LogP contribution >= 0.6 is 11.6 Å². The van der Waals surface area contributed by atoms with Gasteiger partial charge in [0, 0.05) is 11.8 Å². The van der Waals surface area contributed by atoms with Gasteiger partial charge in [-0.3, -0.25) is 0 Å². The van der Waals surface area contributed by atoms with Gasteiger partial charge in [-0.1, -0.05) is 11.6 Å². The van der Waals surface area contributed by atoms with Crippen LogP contribution < -0.4 is 15.2 Å². The van der Waals surface area contributed by atoms with Gasteiger partial charge in [0.1, 0.15) is 11.5 Å². The SMILES string of the molecule is COc1ccc(Oc2ccc(N)cc2Cl)nc1. The molecule has 0 aliphatic heterocycles. The van der Waals surface area contributed by atoms with E-state index in [1.807, 2.05) is 0 Å². The zero-order valence-corrected chi connectivity index (χ0v) is 9.94. The molecule has 0 fully saturated rings. The highest BCUT2D eigenvalue weighted by atomic mass is 35.5. The molecule has 1 aromatic carbocycles. The number of aromatic nitrogens is 1. The Hall–Kier alpha value is -1.94. The van der Waals surface area contributed by atoms with Crippen LogP contribution in [0.25, 0.3) is 0 Å². The third-order valence-corrected chi connectivity index (χ3v) is 2.41. The van der Waals surface area contributed by atoms with E-state index < -0.39 is 0 Å². The number of hydrogen-bond donors (Lipinski definition) is 1. The number of nitrogens with zero attached hydrogens (tertiary/aromatic N) is 1. The number of methoxy groups -OCH3 is 1. The molecule has 2 N–H and O–H groups in total. The lowest BCUT2D eigenvalue weighted by atomic mass is 10.3. The van der Waals surface area contributed by atoms with Crippen molar-refractivity contribution in [2.24, 2.45) is 0 Å². The Kier molecular flexibility index (Phi) is 3.35. The number of anilines is 1. The second-order valence-corrected chi connectivity index (χ2v) is 3.74. The lowest BCUT2D eigenvalue weighted by Crippen LogP contribution is -1.91. The summed E-state index contributed by atoms with van der Waals surface area (Å²) in [7, 11) is 1.58. The van der Waals surface area contributed by atoms with Crippen LogP contribution in [0, 0.1) is 0 Å². The van der Waals surface area contributed by atoms with E-state index in [4.69, 9.17) is 26.8 Å². The van der Waals surface area contributed by atoms with Gasteiger partial charge in [-0.05, 0) is 24.3 Å². The fraction of sp³-hybridized carbons (Fsp3) is 0.0833. The maximum atomic E-state index is 5.98. The van der Waals surface area contributed by atoms with Gasteiger partial charge in [-0.25, -0.2) is 4.98 Å². The van der Waals surface area contributed by atoms with Crippen molar-refractivity contribution < 1.29 is 9.47 Å². The molecule has 0 bridgehead atoms. The Balaban J connectivity index is 2.19. The van der Waals surface area contributed by atoms with Gasteiger partial charge in [0.2, 0.25) is 5.88 Å². The zero-order valence-electron chi connectivity index (χ0n) is 9.18. The molecule has 0 unspecified atom stereocenters. The summed E-state index contributed by atoms with van der Waals surface area (Å²) in [5.41, 5.74) is 6.17. The first-order valence-electron chi connectivity index (χ1n) is 4.92. The van der Waals surface area contributed by atoms with Crippen molar-refractivity contribution in [3.8, 4) is 17.4 Å². The Morgan fingerprint density at radius 2 is 2.06 bits per heavy atom. The Labute approximate surface area is 104 Å². The van der Waals surface area contributed by atoms with E-state index in [9.17, 15) is 0 Å². The smallest absolute Gasteiger partial charge is 0.219 e. The summed E-state index contributed by atoms with van der Waals surface area (Å²) in [6.45, 7) is 0. The maximum absolute atomic E-state index is 5.98. The monoisotopic (exact) mass is 250 g/mol. The summed E-state index contributed by atoms with van der Waals surface area (Å²) >= 11 is 5.98. The van der Waals surface area contributed by atoms with Gasteiger partial charge < -0.3 is 15.2 Å². The van der Waals surface area contributed by atoms with E-state index in [1.165, 1.54) is 0 Å². The average Bonchev–Trinajstić information content (AvgIpc) is 2.34. The van der Waals surface area contributed by atoms with Crippen LogP contribution in [0.1, 0.15) is 0 Å². The quantitative estimate of drug-likeness (QED) is 0.851. The van der Waals surface area contributed by atoms with Crippen LogP contribution in [-0.2, 0) is 0 Å². The van der Waals surface area contributed by atoms with Gasteiger partial charge in [-0.15, -0.1) is 0 Å². The molecule has 4 nitrogen and oxygen atoms in total. The fourth-order valence-corrected chi connectivity index (χ4v) is 1.49. The topological polar surface area (TPSA) is 57.4 Å². The first-order valence-corrected chi connectivity index (χ1v) is 5.30. The lowest BCUT2D eigenvalue weighted by Gasteiger charge is -2.07. The number of ether oxygens (including phenoxy) is 2. The van der Waals surface area contributed by atoms with Gasteiger partial charge in [-0.2, -0.15) is 0 Å². The molecule has 1 heterocycles. The Bertz CT molecular complexity index is 514. The van der Waals surface area contributed by atoms with Crippen LogP contribution in [-0.4, -0.2) is 12.1 Å². The molecule has 1 aromatic heterocycles. The molecule has 0 saturated heterocycles. The number of benzene rings is 1. The molecule has 2 aromatic rings. The standard InChI is InChI=1S/C12H11ClN2O2/c1-16-9-3-5-12(15-7-9)17-11-4-2-8(14)6-10(11)13/h2-7H,14H2,1H3. The Morgan fingerprint density at radius 1 is 1.24 bits per heavy atom. The third kappa shape index (κ3) is 2.79. The van der Waals surface area contributed by atoms with Gasteiger partial charge in [0.15, 0.2) is 0 Å². The predicted molar refractivity (Wildman–Crippen MR) is 66.7 cm³/mol. The molecule has 2 rings (SSSR count). The van der Waals surface area contributed by atoms with E-state index in [2.05, 4.69) is 4.98 Å². The van der Waals surface area contributed by atoms with Crippen molar-refractivity contribution in [3.05, 3.63) is 41.6 Å². The minimum Gasteiger partial charge on any atom is -0.495 e. The molecule has 17 heavy (non-hydrogen) atoms. The lowest BCUT2D eigenvalue weighted by molar-refractivity contribution is 0.408. The first-order chi connectivity index (χ1) is 8.19. The van der Waals surface area contributed by atoms with E-state index in [0.717, 1.165) is 0 Å². The van der Waals surface area contributed by atoms with E-state index >= 15 is 0 Å². The normalized spacial score (nSPS) is 10.0. The van der Waals surface area contributed by atoms with Crippen molar-refractivity contribution >= 4 is 17.3 Å². The molecule has 0 amide bonds. The van der Waals surface area contributed by atoms with Gasteiger partial charge in [0.05, 0.1) is 18.3 Å². The third-order valence-electron chi connectivity index (χ3n) is 2.12. The van der Waals surface area contributed by atoms with E-state index in [-0.39, 0.29) is 0 Å². The molecule has 88 valence electrons. The highest BCUT2D eigenvalue weighted by Gasteiger charge is 2.04. The Morgan fingerprint density at radius 3 is 2.65 bits per heavy atom. The van der Waals surface area contributed by atoms with E-state index in [0.29, 0.717) is 28.1 Å². The molecule has 0 radical (unpaired) electrons. The minimum absolute atomic E-state index is 0.442. The number of nitrogen functional groups attached to an aromatic ring is 1. The van der Waals surface area contributed by atoms with Crippen molar-refractivity contribution in [1.82, 2.24) is 4.98 Å². The average molecular weight is 251 g/mol. The molecule has 0 saturated carbocycles. The van der Waals surface area contributed by atoms with Crippen molar-refractivity contribution in [2.45, 2.75) is 0 Å². The van der Waals surface area contributed by atoms with Crippen LogP contribution in [0.4, 0.5) is 5.69 Å². The van der Waals surface area contributed by atoms with Crippen LogP contribution in [0.3, 0.4) is 0 Å². The second-order valence-electron chi connectivity index (χ2n) is 3.33. The van der Waals surface area contributed by atoms with Crippen LogP contribution in [0.15, 0.2) is 36.5 Å². The predicted octanol–water partition coefficient (Wildman–Crippen LogP) is 3.12. The fourth-order valence-electron chi connectivity index (χ4n) is 1.26.